The standard InChI is InChI=1S/C25H25BrN6O2S/c26-18-12-19(33)20(34)13-21(18)35-25-29-22-23(27)28-15-32(24(22)30-25)11-8-16-6-9-31(10-7-16)14-17-4-2-1-3-5-17/h1-6,12-13,15,33-34H,7-11,14,27H2. The van der Waals surface area contributed by atoms with Crippen molar-refractivity contribution in [2.24, 2.45) is 0 Å². The van der Waals surface area contributed by atoms with Gasteiger partial charge in [0.2, 0.25) is 0 Å². The van der Waals surface area contributed by atoms with Crippen LogP contribution in [0.15, 0.2) is 75.0 Å². The molecule has 0 saturated carbocycles. The van der Waals surface area contributed by atoms with Gasteiger partial charge in [0.05, 0.1) is 6.33 Å². The number of aromatic hydroxyl groups is 2. The van der Waals surface area contributed by atoms with Crippen LogP contribution >= 0.6 is 27.7 Å². The number of phenols is 2. The first-order valence-corrected chi connectivity index (χ1v) is 12.9. The van der Waals surface area contributed by atoms with Crippen molar-refractivity contribution in [1.82, 2.24) is 24.4 Å². The fraction of sp³-hybridized carbons (Fsp3) is 0.240. The molecule has 0 aromatic heterocycles. The lowest BCUT2D eigenvalue weighted by atomic mass is 10.0. The third kappa shape index (κ3) is 5.44. The Labute approximate surface area is 216 Å². The van der Waals surface area contributed by atoms with Crippen molar-refractivity contribution in [3.63, 3.8) is 0 Å². The van der Waals surface area contributed by atoms with Gasteiger partial charge >= 0.3 is 0 Å². The van der Waals surface area contributed by atoms with Crippen LogP contribution in [0.3, 0.4) is 0 Å². The van der Waals surface area contributed by atoms with E-state index in [0.717, 1.165) is 39.0 Å². The van der Waals surface area contributed by atoms with E-state index in [1.54, 1.807) is 6.33 Å². The highest BCUT2D eigenvalue weighted by Crippen LogP contribution is 2.40. The van der Waals surface area contributed by atoms with E-state index >= 15 is 0 Å². The third-order valence-corrected chi connectivity index (χ3v) is 7.85. The molecule has 2 aromatic carbocycles. The molecule has 0 atom stereocenters. The summed E-state index contributed by atoms with van der Waals surface area (Å²) in [5.41, 5.74) is 9.42. The lowest BCUT2D eigenvalue weighted by molar-refractivity contribution is 0.283. The van der Waals surface area contributed by atoms with Crippen LogP contribution in [0.25, 0.3) is 11.5 Å². The SMILES string of the molecule is Nc1ncn(CCC2=CCN(Cc3ccccc3)CC2)c2nc(Sc3cc(O)c(O)cc3Br)nc1-2. The van der Waals surface area contributed by atoms with Crippen molar-refractivity contribution in [3.8, 4) is 23.0 Å². The van der Waals surface area contributed by atoms with Gasteiger partial charge in [-0.3, -0.25) is 4.90 Å². The van der Waals surface area contributed by atoms with E-state index in [-0.39, 0.29) is 11.5 Å². The topological polar surface area (TPSA) is 113 Å². The summed E-state index contributed by atoms with van der Waals surface area (Å²) in [5, 5.41) is 20.0. The molecule has 180 valence electrons. The number of rotatable bonds is 7. The predicted octanol–water partition coefficient (Wildman–Crippen LogP) is 4.91. The van der Waals surface area contributed by atoms with Crippen molar-refractivity contribution in [3.05, 3.63) is 70.5 Å². The number of imidazole rings is 1. The van der Waals surface area contributed by atoms with Crippen molar-refractivity contribution >= 4 is 33.5 Å². The Kier molecular flexibility index (Phi) is 6.94. The number of hydrogen-bond acceptors (Lipinski definition) is 8. The quantitative estimate of drug-likeness (QED) is 0.219. The van der Waals surface area contributed by atoms with E-state index in [1.807, 2.05) is 10.6 Å². The molecule has 8 nitrogen and oxygen atoms in total. The van der Waals surface area contributed by atoms with Crippen molar-refractivity contribution in [1.29, 1.82) is 0 Å². The number of benzene rings is 2. The molecule has 0 amide bonds. The van der Waals surface area contributed by atoms with E-state index < -0.39 is 0 Å². The summed E-state index contributed by atoms with van der Waals surface area (Å²) in [6.45, 7) is 3.71. The number of anilines is 1. The first-order chi connectivity index (χ1) is 17.0. The number of halogens is 1. The molecule has 2 aromatic rings. The molecule has 0 radical (unpaired) electrons. The minimum atomic E-state index is -0.203. The van der Waals surface area contributed by atoms with E-state index in [4.69, 9.17) is 5.73 Å². The molecule has 0 fully saturated rings. The van der Waals surface area contributed by atoms with Gasteiger partial charge in [-0.2, -0.15) is 0 Å². The first-order valence-electron chi connectivity index (χ1n) is 11.3. The Morgan fingerprint density at radius 1 is 1.09 bits per heavy atom. The number of hydrogen-bond donors (Lipinski definition) is 3. The molecule has 35 heavy (non-hydrogen) atoms. The molecule has 10 heteroatoms. The second kappa shape index (κ2) is 10.3. The molecular weight excluding hydrogens is 528 g/mol. The molecule has 3 aliphatic rings. The number of nitrogen functional groups attached to an aromatic ring is 1. The number of fused-ring (bicyclic) bond motifs is 1. The maximum Gasteiger partial charge on any atom is 0.195 e. The average Bonchev–Trinajstić information content (AvgIpc) is 3.29. The van der Waals surface area contributed by atoms with E-state index in [2.05, 4.69) is 66.1 Å². The van der Waals surface area contributed by atoms with E-state index in [0.29, 0.717) is 31.9 Å². The summed E-state index contributed by atoms with van der Waals surface area (Å²) >= 11 is 4.68. The van der Waals surface area contributed by atoms with Crippen LogP contribution in [0.1, 0.15) is 18.4 Å². The van der Waals surface area contributed by atoms with Gasteiger partial charge in [0, 0.05) is 35.5 Å². The Morgan fingerprint density at radius 2 is 1.89 bits per heavy atom. The molecule has 0 bridgehead atoms. The maximum absolute atomic E-state index is 9.85. The van der Waals surface area contributed by atoms with Gasteiger partial charge in [0.25, 0.3) is 0 Å². The summed E-state index contributed by atoms with van der Waals surface area (Å²) in [5.74, 6) is 0.616. The highest BCUT2D eigenvalue weighted by molar-refractivity contribution is 9.10. The van der Waals surface area contributed by atoms with E-state index in [1.165, 1.54) is 35.0 Å². The molecule has 0 saturated heterocycles. The van der Waals surface area contributed by atoms with Crippen LogP contribution in [-0.4, -0.2) is 47.7 Å². The summed E-state index contributed by atoms with van der Waals surface area (Å²) < 4.78 is 2.62. The molecule has 0 spiro atoms. The Bertz CT molecular complexity index is 1340. The van der Waals surface area contributed by atoms with Crippen molar-refractivity contribution < 1.29 is 10.2 Å². The maximum atomic E-state index is 9.85. The van der Waals surface area contributed by atoms with Gasteiger partial charge in [0.15, 0.2) is 34.0 Å². The zero-order valence-electron chi connectivity index (χ0n) is 18.9. The highest BCUT2D eigenvalue weighted by atomic mass is 79.9. The zero-order valence-corrected chi connectivity index (χ0v) is 21.3. The molecule has 4 N–H and O–H groups in total. The van der Waals surface area contributed by atoms with Crippen LogP contribution in [-0.2, 0) is 13.1 Å². The number of nitrogens with two attached hydrogens (primary N) is 1. The van der Waals surface area contributed by atoms with Crippen LogP contribution in [0.5, 0.6) is 11.5 Å². The fourth-order valence-corrected chi connectivity index (χ4v) is 5.45. The molecule has 3 heterocycles. The average molecular weight is 553 g/mol. The third-order valence-electron chi connectivity index (χ3n) is 6.01. The van der Waals surface area contributed by atoms with Crippen LogP contribution < -0.4 is 5.73 Å². The van der Waals surface area contributed by atoms with Crippen LogP contribution in [0, 0.1) is 0 Å². The van der Waals surface area contributed by atoms with Gasteiger partial charge in [-0.25, -0.2) is 15.0 Å². The summed E-state index contributed by atoms with van der Waals surface area (Å²) in [6, 6.07) is 13.5. The second-order valence-electron chi connectivity index (χ2n) is 8.46. The zero-order chi connectivity index (χ0) is 24.4. The smallest absolute Gasteiger partial charge is 0.195 e. The van der Waals surface area contributed by atoms with Crippen LogP contribution in [0.4, 0.5) is 5.82 Å². The molecular formula is C25H25BrN6O2S. The first kappa shape index (κ1) is 23.7. The van der Waals surface area contributed by atoms with Crippen LogP contribution in [0.2, 0.25) is 0 Å². The number of nitrogens with zero attached hydrogens (tertiary/aromatic N) is 5. The number of aryl methyl sites for hydroxylation is 1. The molecule has 5 rings (SSSR count). The Balaban J connectivity index is 1.27. The van der Waals surface area contributed by atoms with E-state index in [9.17, 15) is 10.2 Å². The minimum Gasteiger partial charge on any atom is -0.504 e. The monoisotopic (exact) mass is 552 g/mol. The fourth-order valence-electron chi connectivity index (χ4n) is 4.08. The Morgan fingerprint density at radius 3 is 2.66 bits per heavy atom. The normalized spacial score (nSPS) is 14.4. The molecule has 0 unspecified atom stereocenters. The van der Waals surface area contributed by atoms with Gasteiger partial charge in [-0.15, -0.1) is 0 Å². The highest BCUT2D eigenvalue weighted by Gasteiger charge is 2.21. The lowest BCUT2D eigenvalue weighted by Crippen LogP contribution is -2.28. The Hall–Kier alpha value is -3.08. The summed E-state index contributed by atoms with van der Waals surface area (Å²) in [4.78, 5) is 16.7. The number of aromatic nitrogens is 4. The van der Waals surface area contributed by atoms with Gasteiger partial charge < -0.3 is 20.5 Å². The second-order valence-corrected chi connectivity index (χ2v) is 10.3. The minimum absolute atomic E-state index is 0.193. The van der Waals surface area contributed by atoms with Gasteiger partial charge in [0.1, 0.15) is 0 Å². The number of phenolic OH excluding ortho intramolecular Hbond substituents is 2. The van der Waals surface area contributed by atoms with Gasteiger partial charge in [-0.05, 0) is 58.2 Å². The molecule has 0 aliphatic carbocycles. The lowest BCUT2D eigenvalue weighted by Gasteiger charge is -2.26. The molecule has 3 aliphatic heterocycles. The largest absolute Gasteiger partial charge is 0.504 e. The van der Waals surface area contributed by atoms with Gasteiger partial charge in [-0.1, -0.05) is 42.0 Å². The van der Waals surface area contributed by atoms with Crippen molar-refractivity contribution in [2.75, 3.05) is 18.8 Å². The van der Waals surface area contributed by atoms with Crippen molar-refractivity contribution in [2.45, 2.75) is 36.0 Å². The summed E-state index contributed by atoms with van der Waals surface area (Å²) in [6.07, 6.45) is 6.01. The predicted molar refractivity (Wildman–Crippen MR) is 139 cm³/mol. The summed E-state index contributed by atoms with van der Waals surface area (Å²) in [7, 11) is 0.